The minimum absolute atomic E-state index is 0.0523. The van der Waals surface area contributed by atoms with Crippen molar-refractivity contribution in [2.75, 3.05) is 13.2 Å². The van der Waals surface area contributed by atoms with Crippen molar-refractivity contribution in [3.63, 3.8) is 0 Å². The number of hydrogen-bond donors (Lipinski definition) is 1. The van der Waals surface area contributed by atoms with Gasteiger partial charge in [-0.15, -0.1) is 0 Å². The molecule has 1 aliphatic rings. The van der Waals surface area contributed by atoms with Gasteiger partial charge in [0.1, 0.15) is 6.61 Å². The highest BCUT2D eigenvalue weighted by Gasteiger charge is 2.30. The minimum Gasteiger partial charge on any atom is -0.363 e. The van der Waals surface area contributed by atoms with Crippen molar-refractivity contribution in [3.05, 3.63) is 34.9 Å². The van der Waals surface area contributed by atoms with E-state index in [1.807, 2.05) is 31.2 Å². The SMILES string of the molecule is CC1(Cc2cccc(Cl)c2)CNC(=O)CO1. The largest absolute Gasteiger partial charge is 0.363 e. The molecule has 1 aromatic carbocycles. The smallest absolute Gasteiger partial charge is 0.246 e. The standard InChI is InChI=1S/C12H14ClNO2/c1-12(8-14-11(15)7-16-12)6-9-3-2-4-10(13)5-9/h2-5H,6-8H2,1H3,(H,14,15). The first-order chi connectivity index (χ1) is 7.57. The number of benzene rings is 1. The van der Waals surface area contributed by atoms with Gasteiger partial charge in [0.05, 0.1) is 5.60 Å². The third-order valence-corrected chi connectivity index (χ3v) is 2.91. The van der Waals surface area contributed by atoms with Crippen molar-refractivity contribution in [1.82, 2.24) is 5.32 Å². The number of ether oxygens (including phenoxy) is 1. The van der Waals surface area contributed by atoms with E-state index in [0.29, 0.717) is 6.54 Å². The van der Waals surface area contributed by atoms with Gasteiger partial charge in [0.15, 0.2) is 0 Å². The number of morpholine rings is 1. The van der Waals surface area contributed by atoms with E-state index in [2.05, 4.69) is 5.32 Å². The molecule has 1 aromatic rings. The summed E-state index contributed by atoms with van der Waals surface area (Å²) in [5.74, 6) is -0.0523. The first kappa shape index (κ1) is 11.4. The van der Waals surface area contributed by atoms with Crippen molar-refractivity contribution >= 4 is 17.5 Å². The monoisotopic (exact) mass is 239 g/mol. The fraction of sp³-hybridized carbons (Fsp3) is 0.417. The second kappa shape index (κ2) is 4.44. The summed E-state index contributed by atoms with van der Waals surface area (Å²) in [5, 5.41) is 3.53. The average Bonchev–Trinajstić information content (AvgIpc) is 2.23. The zero-order valence-electron chi connectivity index (χ0n) is 9.13. The van der Waals surface area contributed by atoms with Crippen LogP contribution in [0.4, 0.5) is 0 Å². The number of carbonyl (C=O) groups is 1. The molecule has 1 amide bonds. The lowest BCUT2D eigenvalue weighted by atomic mass is 9.95. The van der Waals surface area contributed by atoms with Crippen LogP contribution in [-0.2, 0) is 16.0 Å². The molecular weight excluding hydrogens is 226 g/mol. The highest BCUT2D eigenvalue weighted by Crippen LogP contribution is 2.21. The number of amides is 1. The van der Waals surface area contributed by atoms with Gasteiger partial charge in [-0.05, 0) is 24.6 Å². The number of carbonyl (C=O) groups excluding carboxylic acids is 1. The van der Waals surface area contributed by atoms with E-state index in [1.165, 1.54) is 0 Å². The summed E-state index contributed by atoms with van der Waals surface area (Å²) in [4.78, 5) is 11.0. The summed E-state index contributed by atoms with van der Waals surface area (Å²) in [7, 11) is 0. The molecule has 0 bridgehead atoms. The molecule has 1 heterocycles. The van der Waals surface area contributed by atoms with Gasteiger partial charge in [0.2, 0.25) is 5.91 Å². The van der Waals surface area contributed by atoms with Crippen LogP contribution in [0.2, 0.25) is 5.02 Å². The van der Waals surface area contributed by atoms with Gasteiger partial charge >= 0.3 is 0 Å². The van der Waals surface area contributed by atoms with E-state index < -0.39 is 0 Å². The maximum absolute atomic E-state index is 11.0. The highest BCUT2D eigenvalue weighted by atomic mass is 35.5. The predicted octanol–water partition coefficient (Wildman–Crippen LogP) is 1.79. The lowest BCUT2D eigenvalue weighted by Crippen LogP contribution is -2.51. The van der Waals surface area contributed by atoms with Gasteiger partial charge in [0.25, 0.3) is 0 Å². The van der Waals surface area contributed by atoms with Gasteiger partial charge < -0.3 is 10.1 Å². The Morgan fingerprint density at radius 1 is 1.56 bits per heavy atom. The van der Waals surface area contributed by atoms with Gasteiger partial charge in [0, 0.05) is 18.0 Å². The number of nitrogens with one attached hydrogen (secondary N) is 1. The van der Waals surface area contributed by atoms with Crippen LogP contribution in [0.3, 0.4) is 0 Å². The normalized spacial score (nSPS) is 25.2. The van der Waals surface area contributed by atoms with Crippen LogP contribution in [0.25, 0.3) is 0 Å². The fourth-order valence-electron chi connectivity index (χ4n) is 1.82. The Hall–Kier alpha value is -1.06. The Kier molecular flexibility index (Phi) is 3.17. The van der Waals surface area contributed by atoms with Crippen LogP contribution in [0.1, 0.15) is 12.5 Å². The quantitative estimate of drug-likeness (QED) is 0.855. The van der Waals surface area contributed by atoms with E-state index in [-0.39, 0.29) is 18.1 Å². The van der Waals surface area contributed by atoms with E-state index in [0.717, 1.165) is 17.0 Å². The van der Waals surface area contributed by atoms with Crippen LogP contribution in [-0.4, -0.2) is 24.7 Å². The molecule has 1 unspecified atom stereocenters. The molecule has 4 heteroatoms. The first-order valence-electron chi connectivity index (χ1n) is 5.23. The lowest BCUT2D eigenvalue weighted by molar-refractivity contribution is -0.141. The lowest BCUT2D eigenvalue weighted by Gasteiger charge is -2.34. The van der Waals surface area contributed by atoms with Crippen molar-refractivity contribution in [3.8, 4) is 0 Å². The highest BCUT2D eigenvalue weighted by molar-refractivity contribution is 6.30. The first-order valence-corrected chi connectivity index (χ1v) is 5.60. The molecule has 1 aliphatic heterocycles. The summed E-state index contributed by atoms with van der Waals surface area (Å²) < 4.78 is 5.57. The molecule has 0 aliphatic carbocycles. The molecule has 0 radical (unpaired) electrons. The third-order valence-electron chi connectivity index (χ3n) is 2.68. The van der Waals surface area contributed by atoms with Crippen LogP contribution in [0.15, 0.2) is 24.3 Å². The number of hydrogen-bond acceptors (Lipinski definition) is 2. The third kappa shape index (κ3) is 2.74. The second-order valence-corrected chi connectivity index (χ2v) is 4.76. The summed E-state index contributed by atoms with van der Waals surface area (Å²) in [6, 6.07) is 7.70. The molecule has 1 saturated heterocycles. The number of halogens is 1. The summed E-state index contributed by atoms with van der Waals surface area (Å²) in [5.41, 5.74) is 0.782. The minimum atomic E-state index is -0.335. The maximum atomic E-state index is 11.0. The van der Waals surface area contributed by atoms with E-state index in [1.54, 1.807) is 0 Å². The van der Waals surface area contributed by atoms with Crippen LogP contribution in [0.5, 0.6) is 0 Å². The fourth-order valence-corrected chi connectivity index (χ4v) is 2.03. The molecule has 2 rings (SSSR count). The average molecular weight is 240 g/mol. The Morgan fingerprint density at radius 2 is 2.38 bits per heavy atom. The summed E-state index contributed by atoms with van der Waals surface area (Å²) in [6.45, 7) is 2.67. The molecule has 1 N–H and O–H groups in total. The summed E-state index contributed by atoms with van der Waals surface area (Å²) >= 11 is 5.92. The van der Waals surface area contributed by atoms with Crippen molar-refractivity contribution < 1.29 is 9.53 Å². The van der Waals surface area contributed by atoms with Gasteiger partial charge in [-0.2, -0.15) is 0 Å². The van der Waals surface area contributed by atoms with Crippen LogP contribution < -0.4 is 5.32 Å². The van der Waals surface area contributed by atoms with Gasteiger partial charge in [-0.25, -0.2) is 0 Å². The van der Waals surface area contributed by atoms with Crippen LogP contribution >= 0.6 is 11.6 Å². The molecule has 3 nitrogen and oxygen atoms in total. The van der Waals surface area contributed by atoms with Crippen LogP contribution in [0, 0.1) is 0 Å². The van der Waals surface area contributed by atoms with Crippen molar-refractivity contribution in [2.24, 2.45) is 0 Å². The van der Waals surface area contributed by atoms with E-state index >= 15 is 0 Å². The zero-order chi connectivity index (χ0) is 11.6. The van der Waals surface area contributed by atoms with E-state index in [9.17, 15) is 4.79 Å². The second-order valence-electron chi connectivity index (χ2n) is 4.32. The van der Waals surface area contributed by atoms with E-state index in [4.69, 9.17) is 16.3 Å². The Morgan fingerprint density at radius 3 is 3.00 bits per heavy atom. The molecule has 86 valence electrons. The molecule has 1 atom stereocenters. The Bertz CT molecular complexity index is 396. The molecule has 0 aromatic heterocycles. The molecule has 0 spiro atoms. The molecular formula is C12H14ClNO2. The number of rotatable bonds is 2. The van der Waals surface area contributed by atoms with Crippen molar-refractivity contribution in [2.45, 2.75) is 18.9 Å². The van der Waals surface area contributed by atoms with Gasteiger partial charge in [-0.3, -0.25) is 4.79 Å². The molecule has 0 saturated carbocycles. The maximum Gasteiger partial charge on any atom is 0.246 e. The van der Waals surface area contributed by atoms with Gasteiger partial charge in [-0.1, -0.05) is 23.7 Å². The summed E-state index contributed by atoms with van der Waals surface area (Å²) in [6.07, 6.45) is 0.744. The van der Waals surface area contributed by atoms with Crippen molar-refractivity contribution in [1.29, 1.82) is 0 Å². The molecule has 16 heavy (non-hydrogen) atoms. The Balaban J connectivity index is 2.06. The zero-order valence-corrected chi connectivity index (χ0v) is 9.88. The predicted molar refractivity (Wildman–Crippen MR) is 62.5 cm³/mol. The molecule has 1 fully saturated rings. The topological polar surface area (TPSA) is 38.3 Å². The Labute approximate surface area is 99.7 Å².